The molecular weight excluding hydrogens is 172 g/mol. The molecule has 0 spiro atoms. The van der Waals surface area contributed by atoms with Crippen molar-refractivity contribution in [3.8, 4) is 0 Å². The predicted octanol–water partition coefficient (Wildman–Crippen LogP) is -0.891. The fraction of sp³-hybridized carbons (Fsp3) is 0.750. The third-order valence-corrected chi connectivity index (χ3v) is 2.16. The Balaban J connectivity index is 2.41. The largest absolute Gasteiger partial charge is 0.481 e. The van der Waals surface area contributed by atoms with Crippen LogP contribution in [0.4, 0.5) is 0 Å². The Labute approximate surface area is 76.3 Å². The molecule has 1 rings (SSSR count). The van der Waals surface area contributed by atoms with E-state index >= 15 is 0 Å². The molecule has 4 N–H and O–H groups in total. The van der Waals surface area contributed by atoms with Crippen LogP contribution >= 0.6 is 0 Å². The number of Topliss-reactive ketones (excluding diaryl/α,β-unsaturated/α-hetero) is 1. The highest BCUT2D eigenvalue weighted by atomic mass is 16.4. The summed E-state index contributed by atoms with van der Waals surface area (Å²) in [5, 5.41) is 11.4. The van der Waals surface area contributed by atoms with Gasteiger partial charge in [0.05, 0.1) is 18.5 Å². The molecular formula is C8H14N2O3. The average Bonchev–Trinajstić information content (AvgIpc) is 2.53. The minimum atomic E-state index is -1.03. The highest BCUT2D eigenvalue weighted by molar-refractivity contribution is 5.91. The van der Waals surface area contributed by atoms with Gasteiger partial charge in [0.2, 0.25) is 0 Å². The minimum Gasteiger partial charge on any atom is -0.481 e. The number of nitrogens with one attached hydrogen (secondary N) is 1. The third-order valence-electron chi connectivity index (χ3n) is 2.16. The maximum atomic E-state index is 11.4. The van der Waals surface area contributed by atoms with Gasteiger partial charge in [0.15, 0.2) is 5.78 Å². The lowest BCUT2D eigenvalue weighted by molar-refractivity contribution is -0.139. The summed E-state index contributed by atoms with van der Waals surface area (Å²) in [5.74, 6) is -1.21. The van der Waals surface area contributed by atoms with Crippen LogP contribution in [0.25, 0.3) is 0 Å². The molecule has 13 heavy (non-hydrogen) atoms. The normalized spacial score (nSPS) is 24.2. The summed E-state index contributed by atoms with van der Waals surface area (Å²) >= 11 is 0. The van der Waals surface area contributed by atoms with Crippen molar-refractivity contribution >= 4 is 11.8 Å². The van der Waals surface area contributed by atoms with Crippen LogP contribution in [-0.2, 0) is 9.59 Å². The maximum absolute atomic E-state index is 11.4. The van der Waals surface area contributed by atoms with Crippen molar-refractivity contribution < 1.29 is 14.7 Å². The average molecular weight is 186 g/mol. The molecule has 1 fully saturated rings. The molecule has 0 aromatic heterocycles. The van der Waals surface area contributed by atoms with Gasteiger partial charge >= 0.3 is 5.97 Å². The molecule has 0 aromatic rings. The number of carboxylic acid groups (broad SMARTS) is 1. The highest BCUT2D eigenvalue weighted by Crippen LogP contribution is 2.08. The van der Waals surface area contributed by atoms with E-state index in [2.05, 4.69) is 5.32 Å². The smallest absolute Gasteiger partial charge is 0.305 e. The zero-order valence-corrected chi connectivity index (χ0v) is 7.32. The Morgan fingerprint density at radius 2 is 2.31 bits per heavy atom. The number of nitrogens with two attached hydrogens (primary N) is 1. The van der Waals surface area contributed by atoms with E-state index in [9.17, 15) is 9.59 Å². The van der Waals surface area contributed by atoms with Gasteiger partial charge in [0.1, 0.15) is 0 Å². The van der Waals surface area contributed by atoms with Crippen LogP contribution in [0, 0.1) is 0 Å². The van der Waals surface area contributed by atoms with E-state index in [0.717, 1.165) is 19.4 Å². The lowest BCUT2D eigenvalue weighted by atomic mass is 10.0. The highest BCUT2D eigenvalue weighted by Gasteiger charge is 2.27. The van der Waals surface area contributed by atoms with E-state index in [1.807, 2.05) is 0 Å². The summed E-state index contributed by atoms with van der Waals surface area (Å²) in [6.07, 6.45) is 1.44. The first-order valence-corrected chi connectivity index (χ1v) is 4.35. The number of hydrogen-bond donors (Lipinski definition) is 3. The number of carbonyl (C=O) groups excluding carboxylic acids is 1. The summed E-state index contributed by atoms with van der Waals surface area (Å²) in [7, 11) is 0. The lowest BCUT2D eigenvalue weighted by Gasteiger charge is -2.13. The van der Waals surface area contributed by atoms with Gasteiger partial charge in [-0.2, -0.15) is 0 Å². The van der Waals surface area contributed by atoms with Crippen LogP contribution in [0.5, 0.6) is 0 Å². The van der Waals surface area contributed by atoms with Crippen molar-refractivity contribution in [2.75, 3.05) is 6.54 Å². The Bertz CT molecular complexity index is 211. The van der Waals surface area contributed by atoms with Crippen LogP contribution in [-0.4, -0.2) is 35.5 Å². The summed E-state index contributed by atoms with van der Waals surface area (Å²) in [4.78, 5) is 21.7. The fourth-order valence-corrected chi connectivity index (χ4v) is 1.47. The van der Waals surface area contributed by atoms with Crippen LogP contribution < -0.4 is 11.1 Å². The second-order valence-electron chi connectivity index (χ2n) is 3.26. The Morgan fingerprint density at radius 3 is 2.77 bits per heavy atom. The minimum absolute atomic E-state index is 0.181. The van der Waals surface area contributed by atoms with E-state index in [-0.39, 0.29) is 18.2 Å². The number of ketones is 1. The lowest BCUT2D eigenvalue weighted by Crippen LogP contribution is -2.44. The topological polar surface area (TPSA) is 92.4 Å². The third kappa shape index (κ3) is 2.78. The number of rotatable bonds is 4. The Kier molecular flexibility index (Phi) is 3.39. The van der Waals surface area contributed by atoms with Crippen molar-refractivity contribution in [2.24, 2.45) is 5.73 Å². The number of carboxylic acids is 1. The van der Waals surface area contributed by atoms with Gasteiger partial charge < -0.3 is 16.2 Å². The quantitative estimate of drug-likeness (QED) is 0.529. The molecule has 74 valence electrons. The van der Waals surface area contributed by atoms with Gasteiger partial charge in [-0.15, -0.1) is 0 Å². The standard InChI is InChI=1S/C8H14N2O3/c9-5(4-7(11)12)8(13)6-2-1-3-10-6/h5-6,10H,1-4,9H2,(H,11,12)/t5-,6?/m0/s1. The summed E-state index contributed by atoms with van der Waals surface area (Å²) in [5.41, 5.74) is 5.43. The van der Waals surface area contributed by atoms with Crippen LogP contribution in [0.3, 0.4) is 0 Å². The first kappa shape index (κ1) is 10.1. The molecule has 0 bridgehead atoms. The van der Waals surface area contributed by atoms with E-state index in [0.29, 0.717) is 0 Å². The van der Waals surface area contributed by atoms with E-state index in [1.165, 1.54) is 0 Å². The maximum Gasteiger partial charge on any atom is 0.305 e. The monoisotopic (exact) mass is 186 g/mol. The molecule has 1 aliphatic rings. The molecule has 5 heteroatoms. The van der Waals surface area contributed by atoms with Gasteiger partial charge in [0, 0.05) is 0 Å². The molecule has 0 radical (unpaired) electrons. The van der Waals surface area contributed by atoms with Crippen molar-refractivity contribution in [3.05, 3.63) is 0 Å². The van der Waals surface area contributed by atoms with E-state index in [1.54, 1.807) is 0 Å². The molecule has 0 saturated carbocycles. The number of aliphatic carboxylic acids is 1. The van der Waals surface area contributed by atoms with Gasteiger partial charge in [-0.05, 0) is 19.4 Å². The predicted molar refractivity (Wildman–Crippen MR) is 46.3 cm³/mol. The van der Waals surface area contributed by atoms with Crippen molar-refractivity contribution in [2.45, 2.75) is 31.3 Å². The first-order valence-electron chi connectivity index (χ1n) is 4.35. The summed E-state index contributed by atoms with van der Waals surface area (Å²) in [6, 6.07) is -1.09. The van der Waals surface area contributed by atoms with Gasteiger partial charge in [-0.3, -0.25) is 9.59 Å². The summed E-state index contributed by atoms with van der Waals surface area (Å²) < 4.78 is 0. The Morgan fingerprint density at radius 1 is 1.62 bits per heavy atom. The zero-order chi connectivity index (χ0) is 9.84. The van der Waals surface area contributed by atoms with Crippen LogP contribution in [0.2, 0.25) is 0 Å². The van der Waals surface area contributed by atoms with Crippen molar-refractivity contribution in [1.29, 1.82) is 0 Å². The molecule has 0 amide bonds. The first-order chi connectivity index (χ1) is 6.11. The van der Waals surface area contributed by atoms with Crippen LogP contribution in [0.15, 0.2) is 0 Å². The molecule has 0 aromatic carbocycles. The zero-order valence-electron chi connectivity index (χ0n) is 7.32. The molecule has 1 saturated heterocycles. The molecule has 1 heterocycles. The Hall–Kier alpha value is -0.940. The van der Waals surface area contributed by atoms with Gasteiger partial charge in [-0.1, -0.05) is 0 Å². The summed E-state index contributed by atoms with van der Waals surface area (Å²) in [6.45, 7) is 0.816. The number of hydrogen-bond acceptors (Lipinski definition) is 4. The van der Waals surface area contributed by atoms with Gasteiger partial charge in [-0.25, -0.2) is 0 Å². The van der Waals surface area contributed by atoms with E-state index < -0.39 is 12.0 Å². The molecule has 0 aliphatic carbocycles. The number of carbonyl (C=O) groups is 2. The fourth-order valence-electron chi connectivity index (χ4n) is 1.47. The van der Waals surface area contributed by atoms with Crippen molar-refractivity contribution in [1.82, 2.24) is 5.32 Å². The SMILES string of the molecule is N[C@@H](CC(=O)O)C(=O)C1CCCN1. The molecule has 1 unspecified atom stereocenters. The second-order valence-corrected chi connectivity index (χ2v) is 3.26. The molecule has 2 atom stereocenters. The van der Waals surface area contributed by atoms with E-state index in [4.69, 9.17) is 10.8 Å². The second kappa shape index (κ2) is 4.34. The van der Waals surface area contributed by atoms with Crippen molar-refractivity contribution in [3.63, 3.8) is 0 Å². The molecule has 5 nitrogen and oxygen atoms in total. The van der Waals surface area contributed by atoms with Gasteiger partial charge in [0.25, 0.3) is 0 Å². The molecule has 1 aliphatic heterocycles. The van der Waals surface area contributed by atoms with Crippen LogP contribution in [0.1, 0.15) is 19.3 Å².